The van der Waals surface area contributed by atoms with Crippen molar-refractivity contribution in [2.24, 2.45) is 5.73 Å². The third-order valence-electron chi connectivity index (χ3n) is 1.91. The lowest BCUT2D eigenvalue weighted by Gasteiger charge is -2.00. The number of aromatic nitrogens is 1. The Balaban J connectivity index is 2.34. The van der Waals surface area contributed by atoms with E-state index in [-0.39, 0.29) is 5.54 Å². The van der Waals surface area contributed by atoms with Gasteiger partial charge in [0.1, 0.15) is 0 Å². The molecule has 0 unspecified atom stereocenters. The predicted octanol–water partition coefficient (Wildman–Crippen LogP) is 1.40. The van der Waals surface area contributed by atoms with E-state index in [0.717, 1.165) is 18.5 Å². The average molecular weight is 154 g/mol. The minimum atomic E-state index is 0.0198. The van der Waals surface area contributed by atoms with Gasteiger partial charge in [0.2, 0.25) is 0 Å². The zero-order valence-corrected chi connectivity index (χ0v) is 6.74. The van der Waals surface area contributed by atoms with Gasteiger partial charge in [-0.15, -0.1) is 0 Å². The summed E-state index contributed by atoms with van der Waals surface area (Å²) in [5, 5.41) is 0. The van der Waals surface area contributed by atoms with Crippen LogP contribution in [0.4, 0.5) is 0 Å². The van der Waals surface area contributed by atoms with Gasteiger partial charge in [0, 0.05) is 4.88 Å². The molecule has 0 saturated heterocycles. The maximum absolute atomic E-state index is 5.95. The molecule has 0 amide bonds. The van der Waals surface area contributed by atoms with E-state index < -0.39 is 0 Å². The first-order valence-corrected chi connectivity index (χ1v) is 4.21. The Bertz CT molecular complexity index is 250. The van der Waals surface area contributed by atoms with Crippen LogP contribution in [0.25, 0.3) is 0 Å². The summed E-state index contributed by atoms with van der Waals surface area (Å²) in [6, 6.07) is 2.09. The molecule has 0 spiro atoms. The van der Waals surface area contributed by atoms with Crippen LogP contribution in [0, 0.1) is 6.92 Å². The Kier molecular flexibility index (Phi) is 1.13. The van der Waals surface area contributed by atoms with E-state index in [2.05, 4.69) is 10.4 Å². The zero-order chi connectivity index (χ0) is 7.19. The number of aryl methyl sites for hydroxylation is 1. The molecular formula is C7H10N2S. The normalized spacial score (nSPS) is 21.0. The van der Waals surface area contributed by atoms with Crippen molar-refractivity contribution in [3.63, 3.8) is 0 Å². The van der Waals surface area contributed by atoms with Crippen molar-refractivity contribution in [1.82, 2.24) is 4.37 Å². The van der Waals surface area contributed by atoms with Crippen molar-refractivity contribution in [1.29, 1.82) is 0 Å². The van der Waals surface area contributed by atoms with E-state index >= 15 is 0 Å². The highest BCUT2D eigenvalue weighted by atomic mass is 32.1. The van der Waals surface area contributed by atoms with Crippen molar-refractivity contribution >= 4 is 11.5 Å². The van der Waals surface area contributed by atoms with Crippen LogP contribution in [-0.2, 0) is 5.54 Å². The molecule has 1 aliphatic rings. The molecule has 1 fully saturated rings. The predicted molar refractivity (Wildman–Crippen MR) is 42.0 cm³/mol. The molecule has 2 nitrogen and oxygen atoms in total. The van der Waals surface area contributed by atoms with Gasteiger partial charge in [0.05, 0.1) is 11.2 Å². The second kappa shape index (κ2) is 1.80. The van der Waals surface area contributed by atoms with Gasteiger partial charge in [-0.3, -0.25) is 0 Å². The van der Waals surface area contributed by atoms with Crippen LogP contribution in [0.3, 0.4) is 0 Å². The Labute approximate surface area is 64.2 Å². The summed E-state index contributed by atoms with van der Waals surface area (Å²) in [5.41, 5.74) is 7.07. The molecule has 1 aromatic rings. The van der Waals surface area contributed by atoms with Crippen molar-refractivity contribution < 1.29 is 0 Å². The summed E-state index contributed by atoms with van der Waals surface area (Å²) in [6.45, 7) is 2.01. The van der Waals surface area contributed by atoms with Gasteiger partial charge in [0.25, 0.3) is 0 Å². The first-order chi connectivity index (χ1) is 4.71. The Morgan fingerprint density at radius 2 is 2.40 bits per heavy atom. The quantitative estimate of drug-likeness (QED) is 0.664. The van der Waals surface area contributed by atoms with E-state index in [4.69, 9.17) is 5.73 Å². The largest absolute Gasteiger partial charge is 0.321 e. The molecule has 1 saturated carbocycles. The number of nitrogens with zero attached hydrogens (tertiary/aromatic N) is 1. The van der Waals surface area contributed by atoms with Crippen molar-refractivity contribution in [3.8, 4) is 0 Å². The van der Waals surface area contributed by atoms with Gasteiger partial charge in [-0.05, 0) is 37.4 Å². The van der Waals surface area contributed by atoms with Gasteiger partial charge >= 0.3 is 0 Å². The van der Waals surface area contributed by atoms with Crippen LogP contribution in [-0.4, -0.2) is 4.37 Å². The van der Waals surface area contributed by atoms with Gasteiger partial charge in [-0.25, -0.2) is 0 Å². The molecule has 0 bridgehead atoms. The molecule has 10 heavy (non-hydrogen) atoms. The fraction of sp³-hybridized carbons (Fsp3) is 0.571. The number of hydrogen-bond acceptors (Lipinski definition) is 3. The minimum absolute atomic E-state index is 0.0198. The van der Waals surface area contributed by atoms with E-state index in [1.165, 1.54) is 4.88 Å². The molecule has 54 valence electrons. The standard InChI is InChI=1S/C7H10N2S/c1-5-4-6(10-9-5)7(8)2-3-7/h4H,2-3,8H2,1H3. The van der Waals surface area contributed by atoms with Gasteiger partial charge < -0.3 is 5.73 Å². The SMILES string of the molecule is Cc1cc(C2(N)CC2)sn1. The Hall–Kier alpha value is -0.410. The maximum Gasteiger partial charge on any atom is 0.0521 e. The molecule has 2 rings (SSSR count). The molecule has 0 radical (unpaired) electrons. The third kappa shape index (κ3) is 0.859. The number of hydrogen-bond donors (Lipinski definition) is 1. The number of nitrogens with two attached hydrogens (primary N) is 1. The molecule has 3 heteroatoms. The first kappa shape index (κ1) is 6.31. The molecule has 1 heterocycles. The summed E-state index contributed by atoms with van der Waals surface area (Å²) in [5.74, 6) is 0. The van der Waals surface area contributed by atoms with Gasteiger partial charge in [-0.2, -0.15) is 4.37 Å². The van der Waals surface area contributed by atoms with Crippen molar-refractivity contribution in [2.45, 2.75) is 25.3 Å². The van der Waals surface area contributed by atoms with Crippen LogP contribution < -0.4 is 5.73 Å². The fourth-order valence-corrected chi connectivity index (χ4v) is 1.88. The molecule has 0 aromatic carbocycles. The average Bonchev–Trinajstić information content (AvgIpc) is 2.45. The van der Waals surface area contributed by atoms with Gasteiger partial charge in [-0.1, -0.05) is 0 Å². The topological polar surface area (TPSA) is 38.9 Å². The second-order valence-corrected chi connectivity index (χ2v) is 3.79. The van der Waals surface area contributed by atoms with Crippen LogP contribution >= 0.6 is 11.5 Å². The molecular weight excluding hydrogens is 144 g/mol. The smallest absolute Gasteiger partial charge is 0.0521 e. The van der Waals surface area contributed by atoms with E-state index in [1.54, 1.807) is 11.5 Å². The van der Waals surface area contributed by atoms with E-state index in [9.17, 15) is 0 Å². The first-order valence-electron chi connectivity index (χ1n) is 3.43. The summed E-state index contributed by atoms with van der Waals surface area (Å²) < 4.78 is 4.18. The Morgan fingerprint density at radius 1 is 1.70 bits per heavy atom. The van der Waals surface area contributed by atoms with Crippen LogP contribution in [0.1, 0.15) is 23.4 Å². The third-order valence-corrected chi connectivity index (χ3v) is 3.01. The lowest BCUT2D eigenvalue weighted by Crippen LogP contribution is -2.16. The highest BCUT2D eigenvalue weighted by Gasteiger charge is 2.41. The summed E-state index contributed by atoms with van der Waals surface area (Å²) in [6.07, 6.45) is 2.27. The molecule has 1 aliphatic carbocycles. The van der Waals surface area contributed by atoms with Crippen LogP contribution in [0.2, 0.25) is 0 Å². The summed E-state index contributed by atoms with van der Waals surface area (Å²) in [7, 11) is 0. The summed E-state index contributed by atoms with van der Waals surface area (Å²) >= 11 is 1.54. The van der Waals surface area contributed by atoms with Crippen LogP contribution in [0.15, 0.2) is 6.07 Å². The van der Waals surface area contributed by atoms with E-state index in [0.29, 0.717) is 0 Å². The molecule has 1 aromatic heterocycles. The lowest BCUT2D eigenvalue weighted by atomic mass is 10.2. The molecule has 0 atom stereocenters. The molecule has 0 aliphatic heterocycles. The highest BCUT2D eigenvalue weighted by molar-refractivity contribution is 7.06. The fourth-order valence-electron chi connectivity index (χ4n) is 0.979. The second-order valence-electron chi connectivity index (χ2n) is 2.99. The highest BCUT2D eigenvalue weighted by Crippen LogP contribution is 2.44. The van der Waals surface area contributed by atoms with Crippen molar-refractivity contribution in [3.05, 3.63) is 16.6 Å². The minimum Gasteiger partial charge on any atom is -0.321 e. The monoisotopic (exact) mass is 154 g/mol. The lowest BCUT2D eigenvalue weighted by molar-refractivity contribution is 0.758. The zero-order valence-electron chi connectivity index (χ0n) is 5.92. The Morgan fingerprint density at radius 3 is 2.80 bits per heavy atom. The molecule has 2 N–H and O–H groups in total. The number of rotatable bonds is 1. The van der Waals surface area contributed by atoms with Crippen molar-refractivity contribution in [2.75, 3.05) is 0 Å². The summed E-state index contributed by atoms with van der Waals surface area (Å²) in [4.78, 5) is 1.25. The maximum atomic E-state index is 5.95. The van der Waals surface area contributed by atoms with Crippen LogP contribution in [0.5, 0.6) is 0 Å². The van der Waals surface area contributed by atoms with E-state index in [1.807, 2.05) is 6.92 Å². The van der Waals surface area contributed by atoms with Gasteiger partial charge in [0.15, 0.2) is 0 Å².